The predicted octanol–water partition coefficient (Wildman–Crippen LogP) is 3.34. The van der Waals surface area contributed by atoms with Crippen LogP contribution in [0.3, 0.4) is 0 Å². The normalized spacial score (nSPS) is 13.4. The molecule has 112 valence electrons. The topological polar surface area (TPSA) is 73.9 Å². The Kier molecular flexibility index (Phi) is 6.51. The molecule has 7 heteroatoms. The van der Waals surface area contributed by atoms with E-state index in [9.17, 15) is 18.0 Å². The molecule has 0 aliphatic carbocycles. The number of alkyl halides is 3. The number of rotatable bonds is 6. The number of ether oxygens (including phenoxy) is 1. The van der Waals surface area contributed by atoms with Crippen LogP contribution in [0.4, 0.5) is 13.2 Å². The first kappa shape index (κ1) is 18.2. The fraction of sp³-hybridized carbons (Fsp3) is 0.769. The maximum Gasteiger partial charge on any atom is 0.389 e. The highest BCUT2D eigenvalue weighted by Gasteiger charge is 2.39. The summed E-state index contributed by atoms with van der Waals surface area (Å²) in [4.78, 5) is 11.6. The first-order chi connectivity index (χ1) is 9.05. The first-order valence-electron chi connectivity index (χ1n) is 6.14. The van der Waals surface area contributed by atoms with Gasteiger partial charge in [-0.05, 0) is 19.3 Å². The summed E-state index contributed by atoms with van der Waals surface area (Å²) in [5, 5.41) is 17.8. The average molecular weight is 290 g/mol. The molecular formula is C13H17F3N2O2. The Morgan fingerprint density at radius 3 is 2.00 bits per heavy atom. The number of hydrogen-bond acceptors (Lipinski definition) is 4. The van der Waals surface area contributed by atoms with Crippen molar-refractivity contribution in [2.75, 3.05) is 0 Å². The van der Waals surface area contributed by atoms with Crippen molar-refractivity contribution in [3.05, 3.63) is 0 Å². The van der Waals surface area contributed by atoms with E-state index in [0.29, 0.717) is 0 Å². The smallest absolute Gasteiger partial charge is 0.389 e. The standard InChI is InChI=1S/C13H17F3N2O2/c1-9(2)10(3)20-11(19)6-12(7-17,8-18)4-5-13(14,15)16/h9-10H,4-6H2,1-3H3. The molecular weight excluding hydrogens is 273 g/mol. The lowest BCUT2D eigenvalue weighted by molar-refractivity contribution is -0.154. The summed E-state index contributed by atoms with van der Waals surface area (Å²) < 4.78 is 41.5. The van der Waals surface area contributed by atoms with Crippen molar-refractivity contribution < 1.29 is 22.7 Å². The summed E-state index contributed by atoms with van der Waals surface area (Å²) in [6.07, 6.45) is -7.60. The van der Waals surface area contributed by atoms with Crippen molar-refractivity contribution in [3.63, 3.8) is 0 Å². The van der Waals surface area contributed by atoms with E-state index in [1.165, 1.54) is 12.1 Å². The summed E-state index contributed by atoms with van der Waals surface area (Å²) in [5.74, 6) is -0.802. The van der Waals surface area contributed by atoms with Gasteiger partial charge in [0, 0.05) is 6.42 Å². The predicted molar refractivity (Wildman–Crippen MR) is 64.0 cm³/mol. The quantitative estimate of drug-likeness (QED) is 0.703. The van der Waals surface area contributed by atoms with Gasteiger partial charge in [0.1, 0.15) is 6.10 Å². The van der Waals surface area contributed by atoms with E-state index in [2.05, 4.69) is 0 Å². The SMILES string of the molecule is CC(C)C(C)OC(=O)CC(C#N)(C#N)CCC(F)(F)F. The van der Waals surface area contributed by atoms with Crippen LogP contribution >= 0.6 is 0 Å². The molecule has 0 aliphatic rings. The summed E-state index contributed by atoms with van der Waals surface area (Å²) in [6, 6.07) is 3.02. The van der Waals surface area contributed by atoms with Crippen LogP contribution in [0.2, 0.25) is 0 Å². The molecule has 0 aromatic carbocycles. The molecule has 20 heavy (non-hydrogen) atoms. The maximum absolute atomic E-state index is 12.2. The lowest BCUT2D eigenvalue weighted by atomic mass is 9.83. The molecule has 0 aromatic rings. The largest absolute Gasteiger partial charge is 0.462 e. The van der Waals surface area contributed by atoms with Crippen molar-refractivity contribution in [3.8, 4) is 12.1 Å². The summed E-state index contributed by atoms with van der Waals surface area (Å²) in [6.45, 7) is 5.26. The van der Waals surface area contributed by atoms with E-state index < -0.39 is 42.9 Å². The van der Waals surface area contributed by atoms with Gasteiger partial charge in [0.2, 0.25) is 0 Å². The van der Waals surface area contributed by atoms with E-state index >= 15 is 0 Å². The van der Waals surface area contributed by atoms with Crippen molar-refractivity contribution >= 4 is 5.97 Å². The molecule has 0 aromatic heterocycles. The van der Waals surface area contributed by atoms with Crippen molar-refractivity contribution in [1.29, 1.82) is 10.5 Å². The number of halogens is 3. The second-order valence-corrected chi connectivity index (χ2v) is 5.04. The second kappa shape index (κ2) is 7.14. The minimum atomic E-state index is -4.48. The number of carbonyl (C=O) groups is 1. The number of esters is 1. The van der Waals surface area contributed by atoms with Crippen molar-refractivity contribution in [1.82, 2.24) is 0 Å². The number of hydrogen-bond donors (Lipinski definition) is 0. The number of nitriles is 2. The maximum atomic E-state index is 12.2. The highest BCUT2D eigenvalue weighted by Crippen LogP contribution is 2.33. The Labute approximate surface area is 116 Å². The molecule has 0 saturated carbocycles. The van der Waals surface area contributed by atoms with Crippen LogP contribution in [0.1, 0.15) is 40.0 Å². The third-order valence-electron chi connectivity index (χ3n) is 2.97. The summed E-state index contributed by atoms with van der Waals surface area (Å²) in [7, 11) is 0. The van der Waals surface area contributed by atoms with E-state index in [1.54, 1.807) is 6.92 Å². The van der Waals surface area contributed by atoms with Gasteiger partial charge in [-0.3, -0.25) is 4.79 Å². The van der Waals surface area contributed by atoms with E-state index in [-0.39, 0.29) is 5.92 Å². The van der Waals surface area contributed by atoms with Gasteiger partial charge in [-0.15, -0.1) is 0 Å². The Morgan fingerprint density at radius 1 is 1.15 bits per heavy atom. The molecule has 0 N–H and O–H groups in total. The molecule has 0 bridgehead atoms. The van der Waals surface area contributed by atoms with Gasteiger partial charge in [0.05, 0.1) is 18.6 Å². The molecule has 1 atom stereocenters. The molecule has 0 heterocycles. The van der Waals surface area contributed by atoms with Crippen LogP contribution < -0.4 is 0 Å². The lowest BCUT2D eigenvalue weighted by Crippen LogP contribution is -2.28. The molecule has 0 fully saturated rings. The van der Waals surface area contributed by atoms with E-state index in [1.807, 2.05) is 13.8 Å². The molecule has 0 rings (SSSR count). The molecule has 0 amide bonds. The van der Waals surface area contributed by atoms with Gasteiger partial charge in [-0.25, -0.2) is 0 Å². The van der Waals surface area contributed by atoms with Gasteiger partial charge >= 0.3 is 12.1 Å². The third kappa shape index (κ3) is 6.42. The van der Waals surface area contributed by atoms with E-state index in [4.69, 9.17) is 15.3 Å². The van der Waals surface area contributed by atoms with Crippen LogP contribution in [0.15, 0.2) is 0 Å². The second-order valence-electron chi connectivity index (χ2n) is 5.04. The molecule has 0 aliphatic heterocycles. The Hall–Kier alpha value is -1.76. The first-order valence-corrected chi connectivity index (χ1v) is 6.14. The molecule has 4 nitrogen and oxygen atoms in total. The van der Waals surface area contributed by atoms with Crippen LogP contribution in [-0.4, -0.2) is 18.2 Å². The van der Waals surface area contributed by atoms with Crippen molar-refractivity contribution in [2.24, 2.45) is 11.3 Å². The van der Waals surface area contributed by atoms with Crippen LogP contribution in [0, 0.1) is 34.0 Å². The van der Waals surface area contributed by atoms with Gasteiger partial charge in [0.25, 0.3) is 0 Å². The Balaban J connectivity index is 4.75. The summed E-state index contributed by atoms with van der Waals surface area (Å²) in [5.41, 5.74) is -2.00. The fourth-order valence-corrected chi connectivity index (χ4v) is 1.29. The zero-order chi connectivity index (χ0) is 16.0. The number of carbonyl (C=O) groups excluding carboxylic acids is 1. The van der Waals surface area contributed by atoms with Crippen molar-refractivity contribution in [2.45, 2.75) is 52.3 Å². The lowest BCUT2D eigenvalue weighted by Gasteiger charge is -2.21. The Morgan fingerprint density at radius 2 is 1.65 bits per heavy atom. The highest BCUT2D eigenvalue weighted by atomic mass is 19.4. The molecule has 0 radical (unpaired) electrons. The van der Waals surface area contributed by atoms with Gasteiger partial charge < -0.3 is 4.74 Å². The minimum absolute atomic E-state index is 0.0349. The zero-order valence-corrected chi connectivity index (χ0v) is 11.6. The fourth-order valence-electron chi connectivity index (χ4n) is 1.29. The zero-order valence-electron chi connectivity index (χ0n) is 11.6. The van der Waals surface area contributed by atoms with Crippen LogP contribution in [0.25, 0.3) is 0 Å². The van der Waals surface area contributed by atoms with Crippen LogP contribution in [0.5, 0.6) is 0 Å². The van der Waals surface area contributed by atoms with Gasteiger partial charge in [-0.1, -0.05) is 13.8 Å². The number of nitrogens with zero attached hydrogens (tertiary/aromatic N) is 2. The van der Waals surface area contributed by atoms with Gasteiger partial charge in [-0.2, -0.15) is 23.7 Å². The third-order valence-corrected chi connectivity index (χ3v) is 2.97. The highest BCUT2D eigenvalue weighted by molar-refractivity contribution is 5.71. The van der Waals surface area contributed by atoms with E-state index in [0.717, 1.165) is 0 Å². The Bertz CT molecular complexity index is 405. The van der Waals surface area contributed by atoms with Crippen LogP contribution in [-0.2, 0) is 9.53 Å². The molecule has 1 unspecified atom stereocenters. The van der Waals surface area contributed by atoms with Gasteiger partial charge in [0.15, 0.2) is 5.41 Å². The minimum Gasteiger partial charge on any atom is -0.462 e. The monoisotopic (exact) mass is 290 g/mol. The molecule has 0 spiro atoms. The average Bonchev–Trinajstić information content (AvgIpc) is 2.33. The summed E-state index contributed by atoms with van der Waals surface area (Å²) >= 11 is 0. The molecule has 0 saturated heterocycles.